The van der Waals surface area contributed by atoms with E-state index in [4.69, 9.17) is 0 Å². The lowest BCUT2D eigenvalue weighted by Crippen LogP contribution is -2.37. The molecular formula is C14H21BrN4O. The van der Waals surface area contributed by atoms with Gasteiger partial charge >= 0.3 is 0 Å². The van der Waals surface area contributed by atoms with Crippen LogP contribution in [0.3, 0.4) is 0 Å². The van der Waals surface area contributed by atoms with Gasteiger partial charge in [0.15, 0.2) is 0 Å². The summed E-state index contributed by atoms with van der Waals surface area (Å²) in [7, 11) is 2.15. The number of hydrogen-bond donors (Lipinski definition) is 1. The van der Waals surface area contributed by atoms with Crippen LogP contribution in [0.15, 0.2) is 15.5 Å². The maximum absolute atomic E-state index is 12.3. The van der Waals surface area contributed by atoms with Crippen LogP contribution in [-0.4, -0.2) is 40.9 Å². The molecule has 2 aliphatic rings. The fourth-order valence-corrected chi connectivity index (χ4v) is 3.04. The Morgan fingerprint density at radius 3 is 2.70 bits per heavy atom. The molecule has 0 radical (unpaired) electrons. The second kappa shape index (κ2) is 5.85. The van der Waals surface area contributed by atoms with E-state index < -0.39 is 0 Å². The number of likely N-dealkylation sites (tertiary alicyclic amines) is 1. The molecule has 1 saturated carbocycles. The minimum atomic E-state index is -0.0187. The first-order valence-corrected chi connectivity index (χ1v) is 8.13. The number of hydrogen-bond acceptors (Lipinski definition) is 4. The van der Waals surface area contributed by atoms with Crippen LogP contribution in [0.25, 0.3) is 0 Å². The highest BCUT2D eigenvalue weighted by Gasteiger charge is 2.24. The normalized spacial score (nSPS) is 21.1. The van der Waals surface area contributed by atoms with Gasteiger partial charge in [0.25, 0.3) is 5.56 Å². The van der Waals surface area contributed by atoms with Crippen molar-refractivity contribution in [3.8, 4) is 0 Å². The van der Waals surface area contributed by atoms with E-state index in [-0.39, 0.29) is 5.56 Å². The molecule has 1 N–H and O–H groups in total. The number of nitrogens with one attached hydrogen (secondary N) is 1. The molecule has 1 aromatic rings. The topological polar surface area (TPSA) is 50.2 Å². The SMILES string of the molecule is CN1CCC(Nc2cnn(CC3CC3)c(=O)c2Br)CC1. The Morgan fingerprint density at radius 1 is 1.35 bits per heavy atom. The van der Waals surface area contributed by atoms with Crippen molar-refractivity contribution in [3.05, 3.63) is 21.0 Å². The molecule has 20 heavy (non-hydrogen) atoms. The summed E-state index contributed by atoms with van der Waals surface area (Å²) < 4.78 is 2.20. The molecule has 0 bridgehead atoms. The largest absolute Gasteiger partial charge is 0.380 e. The summed E-state index contributed by atoms with van der Waals surface area (Å²) in [5.74, 6) is 0.653. The molecular weight excluding hydrogens is 320 g/mol. The van der Waals surface area contributed by atoms with Crippen LogP contribution in [0, 0.1) is 5.92 Å². The molecule has 1 saturated heterocycles. The number of aromatic nitrogens is 2. The molecule has 6 heteroatoms. The van der Waals surface area contributed by atoms with E-state index in [1.807, 2.05) is 0 Å². The first-order valence-electron chi connectivity index (χ1n) is 7.34. The van der Waals surface area contributed by atoms with Crippen molar-refractivity contribution in [1.82, 2.24) is 14.7 Å². The van der Waals surface area contributed by atoms with Crippen molar-refractivity contribution < 1.29 is 0 Å². The molecule has 2 fully saturated rings. The average molecular weight is 341 g/mol. The number of piperidine rings is 1. The van der Waals surface area contributed by atoms with Gasteiger partial charge in [-0.3, -0.25) is 4.79 Å². The number of nitrogens with zero attached hydrogens (tertiary/aromatic N) is 3. The summed E-state index contributed by atoms with van der Waals surface area (Å²) in [6, 6.07) is 0.433. The van der Waals surface area contributed by atoms with E-state index in [0.717, 1.165) is 38.2 Å². The predicted molar refractivity (Wildman–Crippen MR) is 83.1 cm³/mol. The van der Waals surface area contributed by atoms with Gasteiger partial charge in [-0.25, -0.2) is 4.68 Å². The highest BCUT2D eigenvalue weighted by Crippen LogP contribution is 2.30. The number of rotatable bonds is 4. The van der Waals surface area contributed by atoms with Crippen LogP contribution in [0.2, 0.25) is 0 Å². The first kappa shape index (κ1) is 14.1. The van der Waals surface area contributed by atoms with Gasteiger partial charge in [-0.05, 0) is 67.7 Å². The quantitative estimate of drug-likeness (QED) is 0.909. The van der Waals surface area contributed by atoms with Crippen LogP contribution in [-0.2, 0) is 6.54 Å². The molecule has 0 amide bonds. The van der Waals surface area contributed by atoms with Crippen molar-refractivity contribution >= 4 is 21.6 Å². The lowest BCUT2D eigenvalue weighted by atomic mass is 10.1. The van der Waals surface area contributed by atoms with Gasteiger partial charge in [0.2, 0.25) is 0 Å². The van der Waals surface area contributed by atoms with Gasteiger partial charge in [-0.2, -0.15) is 5.10 Å². The third kappa shape index (κ3) is 3.23. The lowest BCUT2D eigenvalue weighted by molar-refractivity contribution is 0.264. The fourth-order valence-electron chi connectivity index (χ4n) is 2.61. The zero-order chi connectivity index (χ0) is 14.1. The Kier molecular flexibility index (Phi) is 4.12. The Balaban J connectivity index is 1.70. The summed E-state index contributed by atoms with van der Waals surface area (Å²) in [6.07, 6.45) is 6.44. The molecule has 1 aromatic heterocycles. The van der Waals surface area contributed by atoms with Gasteiger partial charge in [0, 0.05) is 12.6 Å². The minimum Gasteiger partial charge on any atom is -0.380 e. The zero-order valence-electron chi connectivity index (χ0n) is 11.8. The molecule has 0 spiro atoms. The van der Waals surface area contributed by atoms with E-state index in [0.29, 0.717) is 16.4 Å². The van der Waals surface area contributed by atoms with Crippen molar-refractivity contribution in [3.63, 3.8) is 0 Å². The number of halogens is 1. The lowest BCUT2D eigenvalue weighted by Gasteiger charge is -2.30. The van der Waals surface area contributed by atoms with Crippen molar-refractivity contribution in [2.75, 3.05) is 25.5 Å². The van der Waals surface area contributed by atoms with Crippen LogP contribution in [0.5, 0.6) is 0 Å². The average Bonchev–Trinajstić information content (AvgIpc) is 3.25. The monoisotopic (exact) mass is 340 g/mol. The van der Waals surface area contributed by atoms with Crippen LogP contribution in [0.4, 0.5) is 5.69 Å². The van der Waals surface area contributed by atoms with Crippen molar-refractivity contribution in [1.29, 1.82) is 0 Å². The smallest absolute Gasteiger partial charge is 0.283 e. The molecule has 2 heterocycles. The van der Waals surface area contributed by atoms with E-state index in [9.17, 15) is 4.79 Å². The van der Waals surface area contributed by atoms with Crippen LogP contribution in [0.1, 0.15) is 25.7 Å². The van der Waals surface area contributed by atoms with Crippen molar-refractivity contribution in [2.45, 2.75) is 38.3 Å². The molecule has 5 nitrogen and oxygen atoms in total. The third-order valence-corrected chi connectivity index (χ3v) is 4.96. The van der Waals surface area contributed by atoms with Gasteiger partial charge in [-0.1, -0.05) is 0 Å². The molecule has 0 unspecified atom stereocenters. The van der Waals surface area contributed by atoms with E-state index in [2.05, 4.69) is 38.3 Å². The standard InChI is InChI=1S/C14H21BrN4O/c1-18-6-4-11(5-7-18)17-12-8-16-19(9-10-2-3-10)14(20)13(12)15/h8,10-11,17H,2-7,9H2,1H3. The molecule has 1 aliphatic carbocycles. The molecule has 110 valence electrons. The Labute approximate surface area is 127 Å². The predicted octanol–water partition coefficient (Wildman–Crippen LogP) is 1.92. The second-order valence-corrected chi connectivity index (χ2v) is 6.82. The molecule has 1 aliphatic heterocycles. The fraction of sp³-hybridized carbons (Fsp3) is 0.714. The highest BCUT2D eigenvalue weighted by molar-refractivity contribution is 9.10. The van der Waals surface area contributed by atoms with Gasteiger partial charge < -0.3 is 10.2 Å². The molecule has 0 atom stereocenters. The Hall–Kier alpha value is -0.880. The van der Waals surface area contributed by atoms with Gasteiger partial charge in [0.05, 0.1) is 11.9 Å². The first-order chi connectivity index (χ1) is 9.63. The van der Waals surface area contributed by atoms with Crippen molar-refractivity contribution in [2.24, 2.45) is 5.92 Å². The van der Waals surface area contributed by atoms with E-state index >= 15 is 0 Å². The summed E-state index contributed by atoms with van der Waals surface area (Å²) in [5.41, 5.74) is 0.812. The minimum absolute atomic E-state index is 0.0187. The maximum Gasteiger partial charge on any atom is 0.283 e. The van der Waals surface area contributed by atoms with E-state index in [1.165, 1.54) is 12.8 Å². The second-order valence-electron chi connectivity index (χ2n) is 6.02. The third-order valence-electron chi connectivity index (χ3n) is 4.19. The van der Waals surface area contributed by atoms with Crippen LogP contribution >= 0.6 is 15.9 Å². The van der Waals surface area contributed by atoms with Gasteiger partial charge in [-0.15, -0.1) is 0 Å². The summed E-state index contributed by atoms with van der Waals surface area (Å²) in [6.45, 7) is 2.95. The Morgan fingerprint density at radius 2 is 2.05 bits per heavy atom. The molecule has 3 rings (SSSR count). The highest BCUT2D eigenvalue weighted by atomic mass is 79.9. The Bertz CT molecular complexity index is 532. The van der Waals surface area contributed by atoms with Gasteiger partial charge in [0.1, 0.15) is 4.47 Å². The summed E-state index contributed by atoms with van der Waals surface area (Å²) >= 11 is 3.43. The maximum atomic E-state index is 12.3. The molecule has 0 aromatic carbocycles. The zero-order valence-corrected chi connectivity index (χ0v) is 13.4. The summed E-state index contributed by atoms with van der Waals surface area (Å²) in [4.78, 5) is 14.6. The summed E-state index contributed by atoms with van der Waals surface area (Å²) in [5, 5.41) is 7.76. The number of anilines is 1. The van der Waals surface area contributed by atoms with E-state index in [1.54, 1.807) is 10.9 Å². The van der Waals surface area contributed by atoms with Crippen LogP contribution < -0.4 is 10.9 Å².